The predicted octanol–water partition coefficient (Wildman–Crippen LogP) is 3.10. The highest BCUT2D eigenvalue weighted by molar-refractivity contribution is 5.89. The van der Waals surface area contributed by atoms with Crippen LogP contribution in [0.1, 0.15) is 5.56 Å². The minimum Gasteiger partial charge on any atom is -0.454 e. The topological polar surface area (TPSA) is 68.4 Å². The molecule has 4 nitrogen and oxygen atoms in total. The summed E-state index contributed by atoms with van der Waals surface area (Å²) in [7, 11) is 0. The van der Waals surface area contributed by atoms with Crippen molar-refractivity contribution in [1.82, 2.24) is 4.98 Å². The Morgan fingerprint density at radius 3 is 2.55 bits per heavy atom. The Bertz CT molecular complexity index is 739. The molecule has 4 heteroatoms. The summed E-state index contributed by atoms with van der Waals surface area (Å²) in [5, 5.41) is 9.91. The van der Waals surface area contributed by atoms with Gasteiger partial charge in [0.2, 0.25) is 0 Å². The summed E-state index contributed by atoms with van der Waals surface area (Å²) in [5.74, 6) is 1.28. The van der Waals surface area contributed by atoms with Crippen molar-refractivity contribution in [1.29, 1.82) is 0 Å². The van der Waals surface area contributed by atoms with Crippen LogP contribution < -0.4 is 10.5 Å². The van der Waals surface area contributed by atoms with Crippen molar-refractivity contribution in [3.05, 3.63) is 60.3 Å². The van der Waals surface area contributed by atoms with E-state index in [1.165, 1.54) is 0 Å². The number of nitrogen functional groups attached to an aromatic ring is 1. The second-order valence-electron chi connectivity index (χ2n) is 4.46. The zero-order chi connectivity index (χ0) is 13.9. The van der Waals surface area contributed by atoms with Crippen LogP contribution in [0.25, 0.3) is 10.9 Å². The molecule has 0 aliphatic carbocycles. The maximum atomic E-state index is 9.03. The number of aliphatic hydroxyl groups is 1. The number of nitrogens with two attached hydrogens (primary N) is 1. The number of nitrogens with zero attached hydrogens (tertiary/aromatic N) is 1. The number of aliphatic hydroxyl groups excluding tert-OH is 1. The number of para-hydroxylation sites is 1. The third kappa shape index (κ3) is 2.29. The molecule has 0 radical (unpaired) electrons. The van der Waals surface area contributed by atoms with Crippen LogP contribution in [0.2, 0.25) is 0 Å². The highest BCUT2D eigenvalue weighted by atomic mass is 16.5. The lowest BCUT2D eigenvalue weighted by Gasteiger charge is -2.11. The van der Waals surface area contributed by atoms with Crippen molar-refractivity contribution in [3.8, 4) is 11.5 Å². The first kappa shape index (κ1) is 12.4. The molecule has 2 aromatic carbocycles. The number of rotatable bonds is 3. The Kier molecular flexibility index (Phi) is 3.23. The van der Waals surface area contributed by atoms with E-state index in [1.807, 2.05) is 36.4 Å². The highest BCUT2D eigenvalue weighted by Gasteiger charge is 2.08. The van der Waals surface area contributed by atoms with Crippen LogP contribution >= 0.6 is 0 Å². The molecule has 0 atom stereocenters. The fraction of sp³-hybridized carbons (Fsp3) is 0.0625. The lowest BCUT2D eigenvalue weighted by molar-refractivity contribution is 0.281. The van der Waals surface area contributed by atoms with Gasteiger partial charge in [-0.05, 0) is 29.8 Å². The van der Waals surface area contributed by atoms with E-state index in [0.717, 1.165) is 16.5 Å². The van der Waals surface area contributed by atoms with Crippen LogP contribution in [0, 0.1) is 0 Å². The molecule has 0 fully saturated rings. The molecule has 3 aromatic rings. The molecular weight excluding hydrogens is 252 g/mol. The summed E-state index contributed by atoms with van der Waals surface area (Å²) >= 11 is 0. The van der Waals surface area contributed by atoms with E-state index in [2.05, 4.69) is 4.98 Å². The Morgan fingerprint density at radius 2 is 1.80 bits per heavy atom. The van der Waals surface area contributed by atoms with Gasteiger partial charge in [0.1, 0.15) is 5.75 Å². The molecule has 20 heavy (non-hydrogen) atoms. The molecule has 0 aliphatic rings. The monoisotopic (exact) mass is 266 g/mol. The summed E-state index contributed by atoms with van der Waals surface area (Å²) in [5.41, 5.74) is 8.13. The molecule has 0 aliphatic heterocycles. The number of hydrogen-bond acceptors (Lipinski definition) is 4. The summed E-state index contributed by atoms with van der Waals surface area (Å²) in [6.45, 7) is 0.0145. The predicted molar refractivity (Wildman–Crippen MR) is 78.6 cm³/mol. The SMILES string of the molecule is Nc1cnc2ccccc2c1Oc1ccc(CO)cc1. The van der Waals surface area contributed by atoms with Crippen LogP contribution in [0.3, 0.4) is 0 Å². The summed E-state index contributed by atoms with van der Waals surface area (Å²) in [4.78, 5) is 4.27. The van der Waals surface area contributed by atoms with E-state index < -0.39 is 0 Å². The maximum absolute atomic E-state index is 9.03. The standard InChI is InChI=1S/C16H14N2O2/c17-14-9-18-15-4-2-1-3-13(15)16(14)20-12-7-5-11(10-19)6-8-12/h1-9,19H,10,17H2. The van der Waals surface area contributed by atoms with E-state index in [9.17, 15) is 0 Å². The van der Waals surface area contributed by atoms with Crippen LogP contribution in [-0.2, 0) is 6.61 Å². The van der Waals surface area contributed by atoms with Gasteiger partial charge in [0.15, 0.2) is 5.75 Å². The summed E-state index contributed by atoms with van der Waals surface area (Å²) in [6.07, 6.45) is 1.60. The second kappa shape index (κ2) is 5.19. The molecular formula is C16H14N2O2. The van der Waals surface area contributed by atoms with E-state index >= 15 is 0 Å². The number of fused-ring (bicyclic) bond motifs is 1. The lowest BCUT2D eigenvalue weighted by atomic mass is 10.2. The van der Waals surface area contributed by atoms with Gasteiger partial charge in [0.25, 0.3) is 0 Å². The summed E-state index contributed by atoms with van der Waals surface area (Å²) in [6, 6.07) is 14.9. The molecule has 100 valence electrons. The molecule has 3 N–H and O–H groups in total. The summed E-state index contributed by atoms with van der Waals surface area (Å²) < 4.78 is 5.88. The molecule has 0 saturated heterocycles. The minimum absolute atomic E-state index is 0.0145. The normalized spacial score (nSPS) is 10.7. The fourth-order valence-corrected chi connectivity index (χ4v) is 2.03. The quantitative estimate of drug-likeness (QED) is 0.764. The van der Waals surface area contributed by atoms with Crippen molar-refractivity contribution in [3.63, 3.8) is 0 Å². The minimum atomic E-state index is 0.0145. The van der Waals surface area contributed by atoms with Gasteiger partial charge < -0.3 is 15.6 Å². The van der Waals surface area contributed by atoms with Gasteiger partial charge in [-0.2, -0.15) is 0 Å². The van der Waals surface area contributed by atoms with E-state index in [0.29, 0.717) is 17.2 Å². The van der Waals surface area contributed by atoms with Crippen molar-refractivity contribution < 1.29 is 9.84 Å². The highest BCUT2D eigenvalue weighted by Crippen LogP contribution is 2.34. The second-order valence-corrected chi connectivity index (χ2v) is 4.46. The van der Waals surface area contributed by atoms with Crippen molar-refractivity contribution >= 4 is 16.6 Å². The average molecular weight is 266 g/mol. The number of hydrogen-bond donors (Lipinski definition) is 2. The van der Waals surface area contributed by atoms with Crippen LogP contribution in [0.4, 0.5) is 5.69 Å². The number of aromatic nitrogens is 1. The molecule has 0 unspecified atom stereocenters. The largest absolute Gasteiger partial charge is 0.454 e. The number of benzene rings is 2. The van der Waals surface area contributed by atoms with Gasteiger partial charge in [0, 0.05) is 5.39 Å². The molecule has 0 amide bonds. The Hall–Kier alpha value is -2.59. The molecule has 0 bridgehead atoms. The Morgan fingerprint density at radius 1 is 1.05 bits per heavy atom. The first-order chi connectivity index (χ1) is 9.78. The first-order valence-electron chi connectivity index (χ1n) is 6.29. The Balaban J connectivity index is 2.02. The van der Waals surface area contributed by atoms with Crippen LogP contribution in [0.5, 0.6) is 11.5 Å². The lowest BCUT2D eigenvalue weighted by Crippen LogP contribution is -1.95. The van der Waals surface area contributed by atoms with E-state index in [-0.39, 0.29) is 6.61 Å². The molecule has 1 aromatic heterocycles. The average Bonchev–Trinajstić information content (AvgIpc) is 2.51. The molecule has 0 saturated carbocycles. The smallest absolute Gasteiger partial charge is 0.161 e. The van der Waals surface area contributed by atoms with Gasteiger partial charge >= 0.3 is 0 Å². The number of anilines is 1. The number of ether oxygens (including phenoxy) is 1. The van der Waals surface area contributed by atoms with Gasteiger partial charge in [-0.25, -0.2) is 0 Å². The third-order valence-electron chi connectivity index (χ3n) is 3.08. The van der Waals surface area contributed by atoms with E-state index in [1.54, 1.807) is 18.3 Å². The third-order valence-corrected chi connectivity index (χ3v) is 3.08. The molecule has 1 heterocycles. The van der Waals surface area contributed by atoms with Crippen LogP contribution in [-0.4, -0.2) is 10.1 Å². The van der Waals surface area contributed by atoms with Gasteiger partial charge in [-0.3, -0.25) is 4.98 Å². The zero-order valence-corrected chi connectivity index (χ0v) is 10.8. The molecule has 0 spiro atoms. The van der Waals surface area contributed by atoms with Crippen molar-refractivity contribution in [2.45, 2.75) is 6.61 Å². The zero-order valence-electron chi connectivity index (χ0n) is 10.8. The first-order valence-corrected chi connectivity index (χ1v) is 6.29. The van der Waals surface area contributed by atoms with Crippen LogP contribution in [0.15, 0.2) is 54.7 Å². The maximum Gasteiger partial charge on any atom is 0.161 e. The van der Waals surface area contributed by atoms with Gasteiger partial charge in [0.05, 0.1) is 24.0 Å². The van der Waals surface area contributed by atoms with Crippen molar-refractivity contribution in [2.24, 2.45) is 0 Å². The fourth-order valence-electron chi connectivity index (χ4n) is 2.03. The molecule has 3 rings (SSSR count). The van der Waals surface area contributed by atoms with Crippen molar-refractivity contribution in [2.75, 3.05) is 5.73 Å². The number of pyridine rings is 1. The Labute approximate surface area is 116 Å². The van der Waals surface area contributed by atoms with E-state index in [4.69, 9.17) is 15.6 Å². The van der Waals surface area contributed by atoms with Gasteiger partial charge in [-0.15, -0.1) is 0 Å². The van der Waals surface area contributed by atoms with Gasteiger partial charge in [-0.1, -0.05) is 24.3 Å².